The minimum Gasteiger partial charge on any atom is -0.494 e. The normalized spacial score (nSPS) is 11.7. The number of rotatable bonds is 12. The first-order valence-electron chi connectivity index (χ1n) is 12.9. The molecule has 2 aromatic heterocycles. The number of aromatic nitrogens is 3. The second-order valence-corrected chi connectivity index (χ2v) is 9.31. The van der Waals surface area contributed by atoms with Crippen LogP contribution in [0.2, 0.25) is 0 Å². The summed E-state index contributed by atoms with van der Waals surface area (Å²) in [6, 6.07) is 13.8. The summed E-state index contributed by atoms with van der Waals surface area (Å²) < 4.78 is 7.22. The third kappa shape index (κ3) is 6.18. The summed E-state index contributed by atoms with van der Waals surface area (Å²) in [5.41, 5.74) is 3.88. The average Bonchev–Trinajstić information content (AvgIpc) is 3.21. The molecule has 0 aliphatic heterocycles. The molecule has 4 aromatic rings. The minimum atomic E-state index is -0.206. The fourth-order valence-corrected chi connectivity index (χ4v) is 4.36. The Kier molecular flexibility index (Phi) is 8.35. The van der Waals surface area contributed by atoms with E-state index >= 15 is 0 Å². The summed E-state index contributed by atoms with van der Waals surface area (Å²) in [5, 5.41) is 5.38. The number of hydrogen-bond donors (Lipinski definition) is 1. The number of benzene rings is 2. The van der Waals surface area contributed by atoms with Gasteiger partial charge in [-0.05, 0) is 62.2 Å². The Labute approximate surface area is 207 Å². The van der Waals surface area contributed by atoms with Gasteiger partial charge in [-0.25, -0.2) is 4.98 Å². The van der Waals surface area contributed by atoms with Crippen molar-refractivity contribution in [3.8, 4) is 5.75 Å². The molecule has 0 bridgehead atoms. The fraction of sp³-hybridized carbons (Fsp3) is 0.414. The van der Waals surface area contributed by atoms with E-state index < -0.39 is 0 Å². The Morgan fingerprint density at radius 2 is 1.69 bits per heavy atom. The van der Waals surface area contributed by atoms with Crippen LogP contribution >= 0.6 is 0 Å². The zero-order chi connectivity index (χ0) is 24.6. The topological polar surface area (TPSA) is 72.3 Å². The van der Waals surface area contributed by atoms with Crippen LogP contribution in [0.4, 0.5) is 0 Å². The SMILES string of the molecule is CCCCCCCCCCOc1ccc(/C=N/n2c(C)nc3c([nH]c4ccc(C)cc43)c2=O)cc1. The molecule has 0 saturated heterocycles. The summed E-state index contributed by atoms with van der Waals surface area (Å²) in [6.07, 6.45) is 12.0. The van der Waals surface area contributed by atoms with E-state index in [1.807, 2.05) is 49.4 Å². The summed E-state index contributed by atoms with van der Waals surface area (Å²) in [6.45, 7) is 6.83. The number of aryl methyl sites for hydroxylation is 2. The highest BCUT2D eigenvalue weighted by Crippen LogP contribution is 2.23. The summed E-state index contributed by atoms with van der Waals surface area (Å²) in [7, 11) is 0. The van der Waals surface area contributed by atoms with Gasteiger partial charge in [0.2, 0.25) is 0 Å². The zero-order valence-electron chi connectivity index (χ0n) is 21.1. The standard InChI is InChI=1S/C29H36N4O2/c1-4-5-6-7-8-9-10-11-18-35-24-15-13-23(14-16-24)20-30-33-22(3)31-27-25-19-21(2)12-17-26(25)32-28(27)29(33)34/h12-17,19-20,32H,4-11,18H2,1-3H3/b30-20+. The minimum absolute atomic E-state index is 0.206. The number of nitrogens with one attached hydrogen (secondary N) is 1. The monoisotopic (exact) mass is 472 g/mol. The van der Waals surface area contributed by atoms with Crippen molar-refractivity contribution in [3.05, 3.63) is 69.8 Å². The molecule has 0 aliphatic rings. The van der Waals surface area contributed by atoms with Gasteiger partial charge < -0.3 is 9.72 Å². The molecule has 1 N–H and O–H groups in total. The number of fused-ring (bicyclic) bond motifs is 3. The van der Waals surface area contributed by atoms with Crippen LogP contribution in [-0.4, -0.2) is 27.5 Å². The molecule has 0 saturated carbocycles. The van der Waals surface area contributed by atoms with Crippen molar-refractivity contribution < 1.29 is 4.74 Å². The number of ether oxygens (including phenoxy) is 1. The Morgan fingerprint density at radius 3 is 2.43 bits per heavy atom. The predicted octanol–water partition coefficient (Wildman–Crippen LogP) is 6.90. The maximum absolute atomic E-state index is 13.1. The molecule has 0 spiro atoms. The first-order chi connectivity index (χ1) is 17.1. The van der Waals surface area contributed by atoms with Crippen LogP contribution in [0.5, 0.6) is 5.75 Å². The Bertz CT molecular complexity index is 1350. The molecule has 2 heterocycles. The van der Waals surface area contributed by atoms with E-state index in [1.54, 1.807) is 13.1 Å². The molecular weight excluding hydrogens is 436 g/mol. The highest BCUT2D eigenvalue weighted by Gasteiger charge is 2.13. The molecule has 0 amide bonds. The van der Waals surface area contributed by atoms with E-state index in [2.05, 4.69) is 22.0 Å². The summed E-state index contributed by atoms with van der Waals surface area (Å²) in [4.78, 5) is 21.0. The van der Waals surface area contributed by atoms with Crippen molar-refractivity contribution in [2.75, 3.05) is 6.61 Å². The summed E-state index contributed by atoms with van der Waals surface area (Å²) in [5.74, 6) is 1.40. The van der Waals surface area contributed by atoms with Crippen molar-refractivity contribution in [2.45, 2.75) is 72.1 Å². The number of hydrogen-bond acceptors (Lipinski definition) is 4. The molecule has 6 heteroatoms. The molecule has 0 unspecified atom stereocenters. The molecule has 4 rings (SSSR count). The highest BCUT2D eigenvalue weighted by atomic mass is 16.5. The van der Waals surface area contributed by atoms with Crippen LogP contribution in [0.3, 0.4) is 0 Å². The Hall–Kier alpha value is -3.41. The molecule has 0 radical (unpaired) electrons. The van der Waals surface area contributed by atoms with E-state index in [0.717, 1.165) is 40.8 Å². The lowest BCUT2D eigenvalue weighted by molar-refractivity contribution is 0.304. The van der Waals surface area contributed by atoms with Gasteiger partial charge in [-0.1, -0.05) is 63.5 Å². The van der Waals surface area contributed by atoms with Crippen LogP contribution in [0, 0.1) is 13.8 Å². The fourth-order valence-electron chi connectivity index (χ4n) is 4.36. The first-order valence-corrected chi connectivity index (χ1v) is 12.9. The number of H-pyrrole nitrogens is 1. The van der Waals surface area contributed by atoms with E-state index in [9.17, 15) is 4.79 Å². The molecule has 0 atom stereocenters. The molecule has 35 heavy (non-hydrogen) atoms. The number of unbranched alkanes of at least 4 members (excludes halogenated alkanes) is 7. The van der Waals surface area contributed by atoms with Gasteiger partial charge in [-0.3, -0.25) is 4.79 Å². The largest absolute Gasteiger partial charge is 0.494 e. The average molecular weight is 473 g/mol. The molecule has 0 aliphatic carbocycles. The van der Waals surface area contributed by atoms with Crippen molar-refractivity contribution in [1.29, 1.82) is 0 Å². The van der Waals surface area contributed by atoms with Crippen molar-refractivity contribution in [3.63, 3.8) is 0 Å². The highest BCUT2D eigenvalue weighted by molar-refractivity contribution is 6.04. The summed E-state index contributed by atoms with van der Waals surface area (Å²) >= 11 is 0. The van der Waals surface area contributed by atoms with Gasteiger partial charge in [0.15, 0.2) is 0 Å². The second-order valence-electron chi connectivity index (χ2n) is 9.31. The second kappa shape index (κ2) is 11.8. The Balaban J connectivity index is 1.35. The third-order valence-electron chi connectivity index (χ3n) is 6.38. The van der Waals surface area contributed by atoms with Gasteiger partial charge in [0, 0.05) is 10.9 Å². The van der Waals surface area contributed by atoms with E-state index in [0.29, 0.717) is 16.9 Å². The third-order valence-corrected chi connectivity index (χ3v) is 6.38. The number of aromatic amines is 1. The van der Waals surface area contributed by atoms with Crippen LogP contribution in [0.15, 0.2) is 52.4 Å². The molecule has 2 aromatic carbocycles. The van der Waals surface area contributed by atoms with Gasteiger partial charge in [-0.15, -0.1) is 0 Å². The van der Waals surface area contributed by atoms with Crippen molar-refractivity contribution >= 4 is 28.2 Å². The van der Waals surface area contributed by atoms with E-state index in [-0.39, 0.29) is 5.56 Å². The van der Waals surface area contributed by atoms with Crippen LogP contribution in [-0.2, 0) is 0 Å². The maximum Gasteiger partial charge on any atom is 0.298 e. The van der Waals surface area contributed by atoms with Crippen LogP contribution in [0.25, 0.3) is 21.9 Å². The lowest BCUT2D eigenvalue weighted by Gasteiger charge is -2.07. The van der Waals surface area contributed by atoms with Gasteiger partial charge in [0.1, 0.15) is 22.6 Å². The predicted molar refractivity (Wildman–Crippen MR) is 145 cm³/mol. The zero-order valence-corrected chi connectivity index (χ0v) is 21.1. The number of nitrogens with zero attached hydrogens (tertiary/aromatic N) is 3. The molecule has 184 valence electrons. The lowest BCUT2D eigenvalue weighted by Crippen LogP contribution is -2.20. The van der Waals surface area contributed by atoms with Crippen molar-refractivity contribution in [1.82, 2.24) is 14.6 Å². The quantitative estimate of drug-likeness (QED) is 0.180. The smallest absolute Gasteiger partial charge is 0.298 e. The van der Waals surface area contributed by atoms with Gasteiger partial charge in [-0.2, -0.15) is 9.78 Å². The van der Waals surface area contributed by atoms with Gasteiger partial charge in [0.25, 0.3) is 5.56 Å². The van der Waals surface area contributed by atoms with Gasteiger partial charge >= 0.3 is 0 Å². The van der Waals surface area contributed by atoms with E-state index in [4.69, 9.17) is 4.74 Å². The molecule has 0 fully saturated rings. The van der Waals surface area contributed by atoms with E-state index in [1.165, 1.54) is 49.6 Å². The Morgan fingerprint density at radius 1 is 0.971 bits per heavy atom. The maximum atomic E-state index is 13.1. The molecular formula is C29H36N4O2. The van der Waals surface area contributed by atoms with Crippen LogP contribution < -0.4 is 10.3 Å². The first kappa shape index (κ1) is 24.7. The van der Waals surface area contributed by atoms with Crippen molar-refractivity contribution in [2.24, 2.45) is 5.10 Å². The van der Waals surface area contributed by atoms with Gasteiger partial charge in [0.05, 0.1) is 12.8 Å². The van der Waals surface area contributed by atoms with Crippen LogP contribution in [0.1, 0.15) is 75.2 Å². The lowest BCUT2D eigenvalue weighted by atomic mass is 10.1. The molecule has 6 nitrogen and oxygen atoms in total.